The van der Waals surface area contributed by atoms with Gasteiger partial charge in [-0.25, -0.2) is 4.39 Å². The van der Waals surface area contributed by atoms with Gasteiger partial charge in [0.2, 0.25) is 5.91 Å². The summed E-state index contributed by atoms with van der Waals surface area (Å²) in [6.45, 7) is 1.92. The van der Waals surface area contributed by atoms with E-state index in [0.29, 0.717) is 25.9 Å². The molecule has 1 aromatic heterocycles. The summed E-state index contributed by atoms with van der Waals surface area (Å²) in [6.07, 6.45) is 4.64. The van der Waals surface area contributed by atoms with Crippen LogP contribution in [0.3, 0.4) is 0 Å². The summed E-state index contributed by atoms with van der Waals surface area (Å²) >= 11 is 0. The zero-order chi connectivity index (χ0) is 15.6. The fourth-order valence-electron chi connectivity index (χ4n) is 2.02. The molecule has 22 heavy (non-hydrogen) atoms. The number of amides is 1. The number of halogens is 1. The van der Waals surface area contributed by atoms with Crippen LogP contribution in [0.4, 0.5) is 4.39 Å². The van der Waals surface area contributed by atoms with E-state index in [1.807, 2.05) is 12.1 Å². The van der Waals surface area contributed by atoms with Crippen LogP contribution in [0.1, 0.15) is 17.5 Å². The lowest BCUT2D eigenvalue weighted by atomic mass is 10.1. The fourth-order valence-corrected chi connectivity index (χ4v) is 2.02. The van der Waals surface area contributed by atoms with Crippen LogP contribution in [0.25, 0.3) is 0 Å². The second kappa shape index (κ2) is 8.89. The van der Waals surface area contributed by atoms with Crippen molar-refractivity contribution in [2.24, 2.45) is 0 Å². The molecule has 0 aliphatic heterocycles. The molecule has 5 heteroatoms. The van der Waals surface area contributed by atoms with Crippen molar-refractivity contribution in [1.82, 2.24) is 15.6 Å². The third-order valence-electron chi connectivity index (χ3n) is 3.26. The van der Waals surface area contributed by atoms with Gasteiger partial charge in [0.15, 0.2) is 0 Å². The number of carbonyl (C=O) groups excluding carboxylic acids is 1. The summed E-state index contributed by atoms with van der Waals surface area (Å²) in [5.74, 6) is -0.225. The predicted octanol–water partition coefficient (Wildman–Crippen LogP) is 2.06. The minimum Gasteiger partial charge on any atom is -0.356 e. The molecule has 2 N–H and O–H groups in total. The molecular formula is C17H20FN3O. The monoisotopic (exact) mass is 301 g/mol. The second-order valence-electron chi connectivity index (χ2n) is 5.01. The van der Waals surface area contributed by atoms with E-state index < -0.39 is 0 Å². The van der Waals surface area contributed by atoms with Crippen molar-refractivity contribution in [1.29, 1.82) is 0 Å². The number of aromatic nitrogens is 1. The largest absolute Gasteiger partial charge is 0.356 e. The summed E-state index contributed by atoms with van der Waals surface area (Å²) in [7, 11) is 0. The Labute approximate surface area is 129 Å². The van der Waals surface area contributed by atoms with Crippen LogP contribution in [0, 0.1) is 5.82 Å². The third-order valence-corrected chi connectivity index (χ3v) is 3.26. The van der Waals surface area contributed by atoms with Crippen molar-refractivity contribution in [3.8, 4) is 0 Å². The number of pyridine rings is 1. The van der Waals surface area contributed by atoms with Crippen LogP contribution in [0.15, 0.2) is 48.8 Å². The molecule has 2 aromatic rings. The molecule has 0 unspecified atom stereocenters. The first-order valence-electron chi connectivity index (χ1n) is 7.35. The standard InChI is InChI=1S/C17H20FN3O/c18-16-3-1-14(2-4-16)7-12-21-17(22)8-11-20-13-15-5-9-19-10-6-15/h1-6,9-10,20H,7-8,11-13H2,(H,21,22). The lowest BCUT2D eigenvalue weighted by Crippen LogP contribution is -2.29. The van der Waals surface area contributed by atoms with Crippen molar-refractivity contribution in [3.05, 3.63) is 65.7 Å². The lowest BCUT2D eigenvalue weighted by molar-refractivity contribution is -0.120. The summed E-state index contributed by atoms with van der Waals surface area (Å²) in [6, 6.07) is 10.2. The summed E-state index contributed by atoms with van der Waals surface area (Å²) < 4.78 is 12.8. The van der Waals surface area contributed by atoms with E-state index >= 15 is 0 Å². The quantitative estimate of drug-likeness (QED) is 0.734. The number of nitrogens with zero attached hydrogens (tertiary/aromatic N) is 1. The molecule has 0 spiro atoms. The number of nitrogens with one attached hydrogen (secondary N) is 2. The molecule has 0 saturated heterocycles. The normalized spacial score (nSPS) is 10.4. The van der Waals surface area contributed by atoms with Gasteiger partial charge < -0.3 is 10.6 Å². The Hall–Kier alpha value is -2.27. The van der Waals surface area contributed by atoms with Gasteiger partial charge in [0.1, 0.15) is 5.82 Å². The third kappa shape index (κ3) is 6.01. The molecule has 0 fully saturated rings. The van der Waals surface area contributed by atoms with Crippen molar-refractivity contribution in [3.63, 3.8) is 0 Å². The first-order valence-corrected chi connectivity index (χ1v) is 7.35. The Morgan fingerprint density at radius 2 is 1.73 bits per heavy atom. The Balaban J connectivity index is 1.55. The number of carbonyl (C=O) groups is 1. The average Bonchev–Trinajstić information content (AvgIpc) is 2.54. The highest BCUT2D eigenvalue weighted by molar-refractivity contribution is 5.76. The molecule has 4 nitrogen and oxygen atoms in total. The van der Waals surface area contributed by atoms with Gasteiger partial charge in [0.05, 0.1) is 0 Å². The smallest absolute Gasteiger partial charge is 0.221 e. The van der Waals surface area contributed by atoms with Crippen molar-refractivity contribution in [2.45, 2.75) is 19.4 Å². The van der Waals surface area contributed by atoms with Crippen molar-refractivity contribution >= 4 is 5.91 Å². The van der Waals surface area contributed by atoms with E-state index in [-0.39, 0.29) is 11.7 Å². The zero-order valence-corrected chi connectivity index (χ0v) is 12.4. The topological polar surface area (TPSA) is 54.0 Å². The minimum absolute atomic E-state index is 0.0179. The molecule has 1 amide bonds. The van der Waals surface area contributed by atoms with Gasteiger partial charge in [-0.3, -0.25) is 9.78 Å². The van der Waals surface area contributed by atoms with E-state index in [2.05, 4.69) is 15.6 Å². The van der Waals surface area contributed by atoms with Gasteiger partial charge in [-0.1, -0.05) is 12.1 Å². The van der Waals surface area contributed by atoms with E-state index in [0.717, 1.165) is 17.7 Å². The Bertz CT molecular complexity index is 572. The Morgan fingerprint density at radius 3 is 2.45 bits per heavy atom. The highest BCUT2D eigenvalue weighted by atomic mass is 19.1. The average molecular weight is 301 g/mol. The highest BCUT2D eigenvalue weighted by Gasteiger charge is 2.01. The second-order valence-corrected chi connectivity index (χ2v) is 5.01. The molecule has 0 aliphatic carbocycles. The molecule has 116 valence electrons. The maximum absolute atomic E-state index is 12.8. The van der Waals surface area contributed by atoms with Gasteiger partial charge in [0.25, 0.3) is 0 Å². The highest BCUT2D eigenvalue weighted by Crippen LogP contribution is 2.02. The van der Waals surface area contributed by atoms with Crippen LogP contribution >= 0.6 is 0 Å². The first kappa shape index (κ1) is 16.1. The van der Waals surface area contributed by atoms with Gasteiger partial charge in [-0.15, -0.1) is 0 Å². The molecular weight excluding hydrogens is 281 g/mol. The van der Waals surface area contributed by atoms with E-state index in [9.17, 15) is 9.18 Å². The molecule has 2 rings (SSSR count). The molecule has 1 aromatic carbocycles. The van der Waals surface area contributed by atoms with Crippen LogP contribution in [-0.2, 0) is 17.8 Å². The number of benzene rings is 1. The first-order chi connectivity index (χ1) is 10.7. The summed E-state index contributed by atoms with van der Waals surface area (Å²) in [4.78, 5) is 15.6. The maximum Gasteiger partial charge on any atom is 0.221 e. The maximum atomic E-state index is 12.8. The molecule has 0 saturated carbocycles. The Kier molecular flexibility index (Phi) is 6.51. The van der Waals surface area contributed by atoms with Crippen LogP contribution in [0.2, 0.25) is 0 Å². The number of hydrogen-bond donors (Lipinski definition) is 2. The number of rotatable bonds is 8. The van der Waals surface area contributed by atoms with Crippen LogP contribution in [-0.4, -0.2) is 24.0 Å². The Morgan fingerprint density at radius 1 is 1.00 bits per heavy atom. The van der Waals surface area contributed by atoms with Gasteiger partial charge in [0, 0.05) is 38.4 Å². The predicted molar refractivity (Wildman–Crippen MR) is 83.7 cm³/mol. The van der Waals surface area contributed by atoms with Gasteiger partial charge in [-0.2, -0.15) is 0 Å². The lowest BCUT2D eigenvalue weighted by Gasteiger charge is -2.07. The zero-order valence-electron chi connectivity index (χ0n) is 12.4. The summed E-state index contributed by atoms with van der Waals surface area (Å²) in [5.41, 5.74) is 2.16. The van der Waals surface area contributed by atoms with Gasteiger partial charge >= 0.3 is 0 Å². The van der Waals surface area contributed by atoms with Crippen LogP contribution in [0.5, 0.6) is 0 Å². The molecule has 0 atom stereocenters. The van der Waals surface area contributed by atoms with Crippen molar-refractivity contribution in [2.75, 3.05) is 13.1 Å². The molecule has 1 heterocycles. The van der Waals surface area contributed by atoms with E-state index in [4.69, 9.17) is 0 Å². The fraction of sp³-hybridized carbons (Fsp3) is 0.294. The number of hydrogen-bond acceptors (Lipinski definition) is 3. The summed E-state index contributed by atoms with van der Waals surface area (Å²) in [5, 5.41) is 6.08. The minimum atomic E-state index is -0.243. The van der Waals surface area contributed by atoms with Crippen molar-refractivity contribution < 1.29 is 9.18 Å². The van der Waals surface area contributed by atoms with E-state index in [1.54, 1.807) is 24.5 Å². The van der Waals surface area contributed by atoms with E-state index in [1.165, 1.54) is 12.1 Å². The SMILES string of the molecule is O=C(CCNCc1ccncc1)NCCc1ccc(F)cc1. The molecule has 0 bridgehead atoms. The van der Waals surface area contributed by atoms with Gasteiger partial charge in [-0.05, 0) is 41.8 Å². The van der Waals surface area contributed by atoms with Crippen LogP contribution < -0.4 is 10.6 Å². The molecule has 0 radical (unpaired) electrons. The molecule has 0 aliphatic rings.